The van der Waals surface area contributed by atoms with Crippen molar-refractivity contribution in [3.05, 3.63) is 41.0 Å². The summed E-state index contributed by atoms with van der Waals surface area (Å²) >= 11 is 4.32. The molecular formula is C27H38N4O5S. The molecule has 37 heavy (non-hydrogen) atoms. The number of thiol groups is 1. The number of aryl methyl sites for hydroxylation is 2. The third kappa shape index (κ3) is 8.73. The fourth-order valence-corrected chi connectivity index (χ4v) is 4.30. The molecule has 0 unspecified atom stereocenters. The first-order valence-corrected chi connectivity index (χ1v) is 13.2. The molecule has 1 aliphatic rings. The van der Waals surface area contributed by atoms with Crippen LogP contribution >= 0.6 is 12.6 Å². The van der Waals surface area contributed by atoms with Crippen molar-refractivity contribution in [2.75, 3.05) is 11.9 Å². The molecule has 1 heterocycles. The Kier molecular flexibility index (Phi) is 11.4. The molecule has 1 aromatic carbocycles. The van der Waals surface area contributed by atoms with Gasteiger partial charge in [-0.2, -0.15) is 12.6 Å². The third-order valence-electron chi connectivity index (χ3n) is 6.31. The number of amides is 5. The molecule has 0 spiro atoms. The van der Waals surface area contributed by atoms with Gasteiger partial charge in [-0.3, -0.25) is 28.9 Å². The highest BCUT2D eigenvalue weighted by Crippen LogP contribution is 2.22. The van der Waals surface area contributed by atoms with Gasteiger partial charge in [0.15, 0.2) is 0 Å². The Bertz CT molecular complexity index is 1050. The van der Waals surface area contributed by atoms with E-state index in [1.165, 1.54) is 17.1 Å². The average Bonchev–Trinajstić information content (AvgIpc) is 3.15. The maximum atomic E-state index is 12.9. The second-order valence-electron chi connectivity index (χ2n) is 9.73. The van der Waals surface area contributed by atoms with Crippen molar-refractivity contribution in [1.29, 1.82) is 0 Å². The maximum absolute atomic E-state index is 12.9. The van der Waals surface area contributed by atoms with E-state index < -0.39 is 18.0 Å². The Morgan fingerprint density at radius 1 is 0.892 bits per heavy atom. The highest BCUT2D eigenvalue weighted by atomic mass is 32.1. The Balaban J connectivity index is 1.81. The minimum absolute atomic E-state index is 0.183. The zero-order valence-corrected chi connectivity index (χ0v) is 23.1. The predicted molar refractivity (Wildman–Crippen MR) is 146 cm³/mol. The molecule has 2 rings (SSSR count). The number of carbonyl (C=O) groups is 5. The second-order valence-corrected chi connectivity index (χ2v) is 10.0. The van der Waals surface area contributed by atoms with Crippen LogP contribution in [0.15, 0.2) is 24.3 Å². The monoisotopic (exact) mass is 530 g/mol. The van der Waals surface area contributed by atoms with Crippen LogP contribution in [0.4, 0.5) is 5.69 Å². The van der Waals surface area contributed by atoms with Crippen LogP contribution in [0.1, 0.15) is 63.1 Å². The second kappa shape index (κ2) is 14.0. The first-order chi connectivity index (χ1) is 17.4. The molecule has 0 saturated carbocycles. The SMILES string of the molecule is Cc1cc(NC(=O)[C@H](C)NC(=O)[C@@H](NC(=O)CCCCCN2C(=O)C=CC2=O)C(C)C)c(C)cc1CS. The van der Waals surface area contributed by atoms with Gasteiger partial charge in [-0.05, 0) is 62.3 Å². The van der Waals surface area contributed by atoms with Crippen molar-refractivity contribution in [3.63, 3.8) is 0 Å². The highest BCUT2D eigenvalue weighted by Gasteiger charge is 2.27. The maximum Gasteiger partial charge on any atom is 0.253 e. The van der Waals surface area contributed by atoms with Crippen molar-refractivity contribution in [2.24, 2.45) is 5.92 Å². The smallest absolute Gasteiger partial charge is 0.253 e. The molecule has 0 aliphatic carbocycles. The van der Waals surface area contributed by atoms with Crippen LogP contribution in [-0.4, -0.2) is 53.1 Å². The van der Waals surface area contributed by atoms with E-state index in [9.17, 15) is 24.0 Å². The van der Waals surface area contributed by atoms with E-state index in [-0.39, 0.29) is 36.0 Å². The van der Waals surface area contributed by atoms with Gasteiger partial charge in [0.2, 0.25) is 17.7 Å². The molecule has 1 aliphatic heterocycles. The van der Waals surface area contributed by atoms with Crippen LogP contribution in [0, 0.1) is 19.8 Å². The van der Waals surface area contributed by atoms with Crippen LogP contribution in [-0.2, 0) is 29.7 Å². The van der Waals surface area contributed by atoms with Crippen LogP contribution in [0.5, 0.6) is 0 Å². The van der Waals surface area contributed by atoms with Crippen molar-refractivity contribution in [2.45, 2.75) is 78.1 Å². The number of imide groups is 1. The van der Waals surface area contributed by atoms with Gasteiger partial charge in [-0.1, -0.05) is 26.3 Å². The molecule has 0 radical (unpaired) electrons. The van der Waals surface area contributed by atoms with Gasteiger partial charge in [0.25, 0.3) is 11.8 Å². The van der Waals surface area contributed by atoms with Crippen molar-refractivity contribution < 1.29 is 24.0 Å². The predicted octanol–water partition coefficient (Wildman–Crippen LogP) is 2.80. The summed E-state index contributed by atoms with van der Waals surface area (Å²) in [6.45, 7) is 9.42. The number of hydrogen-bond donors (Lipinski definition) is 4. The lowest BCUT2D eigenvalue weighted by molar-refractivity contribution is -0.137. The molecule has 1 aromatic rings. The molecular weight excluding hydrogens is 492 g/mol. The van der Waals surface area contributed by atoms with E-state index in [1.54, 1.807) is 6.92 Å². The number of unbranched alkanes of at least 4 members (excludes halogenated alkanes) is 2. The van der Waals surface area contributed by atoms with E-state index >= 15 is 0 Å². The summed E-state index contributed by atoms with van der Waals surface area (Å²) in [6.07, 6.45) is 4.54. The Morgan fingerprint density at radius 2 is 1.54 bits per heavy atom. The number of benzene rings is 1. The summed E-state index contributed by atoms with van der Waals surface area (Å²) in [5.41, 5.74) is 3.69. The summed E-state index contributed by atoms with van der Waals surface area (Å²) in [5.74, 6) is -1.25. The number of carbonyl (C=O) groups excluding carboxylic acids is 5. The number of anilines is 1. The van der Waals surface area contributed by atoms with Gasteiger partial charge in [0.1, 0.15) is 12.1 Å². The van der Waals surface area contributed by atoms with Gasteiger partial charge in [0, 0.05) is 36.6 Å². The van der Waals surface area contributed by atoms with Crippen LogP contribution in [0.2, 0.25) is 0 Å². The summed E-state index contributed by atoms with van der Waals surface area (Å²) in [6, 6.07) is 2.28. The van der Waals surface area contributed by atoms with E-state index in [0.29, 0.717) is 37.2 Å². The van der Waals surface area contributed by atoms with Gasteiger partial charge < -0.3 is 16.0 Å². The minimum Gasteiger partial charge on any atom is -0.344 e. The zero-order valence-electron chi connectivity index (χ0n) is 22.2. The van der Waals surface area contributed by atoms with Crippen molar-refractivity contribution in [3.8, 4) is 0 Å². The molecule has 0 aromatic heterocycles. The number of rotatable bonds is 13. The lowest BCUT2D eigenvalue weighted by atomic mass is 10.0. The largest absolute Gasteiger partial charge is 0.344 e. The summed E-state index contributed by atoms with van der Waals surface area (Å²) < 4.78 is 0. The Labute approximate surface area is 224 Å². The molecule has 10 heteroatoms. The number of nitrogens with one attached hydrogen (secondary N) is 3. The summed E-state index contributed by atoms with van der Waals surface area (Å²) in [7, 11) is 0. The van der Waals surface area contributed by atoms with E-state index in [2.05, 4.69) is 28.6 Å². The molecule has 3 N–H and O–H groups in total. The van der Waals surface area contributed by atoms with Gasteiger partial charge >= 0.3 is 0 Å². The fraction of sp³-hybridized carbons (Fsp3) is 0.519. The molecule has 9 nitrogen and oxygen atoms in total. The Morgan fingerprint density at radius 3 is 2.14 bits per heavy atom. The average molecular weight is 531 g/mol. The zero-order chi connectivity index (χ0) is 27.7. The number of nitrogens with zero attached hydrogens (tertiary/aromatic N) is 1. The fourth-order valence-electron chi connectivity index (χ4n) is 3.96. The molecule has 202 valence electrons. The highest BCUT2D eigenvalue weighted by molar-refractivity contribution is 7.79. The van der Waals surface area contributed by atoms with E-state index in [1.807, 2.05) is 39.8 Å². The molecule has 0 fully saturated rings. The van der Waals surface area contributed by atoms with Crippen molar-refractivity contribution >= 4 is 47.9 Å². The third-order valence-corrected chi connectivity index (χ3v) is 6.66. The van der Waals surface area contributed by atoms with Gasteiger partial charge in [0.05, 0.1) is 0 Å². The van der Waals surface area contributed by atoms with Gasteiger partial charge in [-0.15, -0.1) is 0 Å². The number of hydrogen-bond acceptors (Lipinski definition) is 6. The lowest BCUT2D eigenvalue weighted by Crippen LogP contribution is -2.53. The molecule has 2 atom stereocenters. The Hall–Kier alpha value is -3.14. The molecule has 0 bridgehead atoms. The van der Waals surface area contributed by atoms with E-state index in [0.717, 1.165) is 16.7 Å². The quantitative estimate of drug-likeness (QED) is 0.177. The first-order valence-electron chi connectivity index (χ1n) is 12.6. The standard InChI is InChI=1S/C27H38N4O5S/c1-16(2)25(30-22(32)9-7-6-8-12-31-23(33)10-11-24(31)34)27(36)28-19(5)26(35)29-21-14-17(3)20(15-37)13-18(21)4/h10-11,13-14,16,19,25,37H,6-9,12,15H2,1-5H3,(H,28,36)(H,29,35)(H,30,32)/t19-,25-/m0/s1. The van der Waals surface area contributed by atoms with Crippen molar-refractivity contribution in [1.82, 2.24) is 15.5 Å². The van der Waals surface area contributed by atoms with Crippen LogP contribution in [0.3, 0.4) is 0 Å². The van der Waals surface area contributed by atoms with Gasteiger partial charge in [-0.25, -0.2) is 0 Å². The van der Waals surface area contributed by atoms with Crippen LogP contribution in [0.25, 0.3) is 0 Å². The molecule has 0 saturated heterocycles. The topological polar surface area (TPSA) is 125 Å². The lowest BCUT2D eigenvalue weighted by Gasteiger charge is -2.24. The summed E-state index contributed by atoms with van der Waals surface area (Å²) in [5, 5.41) is 8.34. The van der Waals surface area contributed by atoms with Crippen LogP contribution < -0.4 is 16.0 Å². The minimum atomic E-state index is -0.805. The normalized spacial score (nSPS) is 14.6. The molecule has 5 amide bonds. The first kappa shape index (κ1) is 30.1. The summed E-state index contributed by atoms with van der Waals surface area (Å²) in [4.78, 5) is 62.4. The van der Waals surface area contributed by atoms with E-state index in [4.69, 9.17) is 0 Å².